The molecule has 0 amide bonds. The lowest BCUT2D eigenvalue weighted by atomic mass is 9.44. The molecule has 0 unspecified atom stereocenters. The highest BCUT2D eigenvalue weighted by Crippen LogP contribution is 2.66. The molecule has 8 atom stereocenters. The minimum Gasteiger partial charge on any atom is -0.393 e. The van der Waals surface area contributed by atoms with Crippen molar-refractivity contribution in [3.8, 4) is 0 Å². The van der Waals surface area contributed by atoms with Crippen molar-refractivity contribution in [3.05, 3.63) is 0 Å². The van der Waals surface area contributed by atoms with Crippen LogP contribution in [0.5, 0.6) is 0 Å². The minimum atomic E-state index is -2.16. The molecule has 124 valence electrons. The normalized spacial score (nSPS) is 60.5. The van der Waals surface area contributed by atoms with E-state index >= 15 is 0 Å². The molecule has 4 aliphatic carbocycles. The van der Waals surface area contributed by atoms with Gasteiger partial charge >= 0.3 is 0 Å². The number of carbonyl (C=O) groups excluding carboxylic acids is 1. The largest absolute Gasteiger partial charge is 0.393 e. The Morgan fingerprint density at radius 3 is 2.64 bits per heavy atom. The molecule has 0 aliphatic heterocycles. The van der Waals surface area contributed by atoms with Crippen LogP contribution in [0.25, 0.3) is 0 Å². The fraction of sp³-hybridized carbons (Fsp3) is 0.950. The third-order valence-electron chi connectivity index (χ3n) is 8.50. The summed E-state index contributed by atoms with van der Waals surface area (Å²) in [6.45, 7) is 2.40. The Labute approximate surface area is 139 Å². The van der Waals surface area contributed by atoms with E-state index in [1.54, 1.807) is 0 Å². The first kappa shape index (κ1) is 12.1. The molecular weight excluding hydrogens is 272 g/mol. The van der Waals surface area contributed by atoms with Gasteiger partial charge in [0, 0.05) is 16.5 Å². The van der Waals surface area contributed by atoms with Crippen molar-refractivity contribution in [1.82, 2.24) is 0 Å². The maximum absolute atomic E-state index is 12.5. The number of fused-ring (bicyclic) bond motifs is 5. The van der Waals surface area contributed by atoms with Gasteiger partial charge in [0.05, 0.1) is 6.10 Å². The monoisotopic (exact) mass is 307 g/mol. The first-order valence-corrected chi connectivity index (χ1v) is 9.28. The van der Waals surface area contributed by atoms with Gasteiger partial charge in [-0.05, 0) is 79.4 Å². The summed E-state index contributed by atoms with van der Waals surface area (Å²) in [6.07, 6.45) is 7.21. The van der Waals surface area contributed by atoms with E-state index in [9.17, 15) is 9.90 Å². The van der Waals surface area contributed by atoms with E-state index < -0.39 is 12.8 Å². The average Bonchev–Trinajstić information content (AvgIpc) is 2.82. The Kier molecular flexibility index (Phi) is 2.64. The van der Waals surface area contributed by atoms with Gasteiger partial charge in [0.1, 0.15) is 5.78 Å². The van der Waals surface area contributed by atoms with Crippen molar-refractivity contribution in [2.75, 3.05) is 0 Å². The van der Waals surface area contributed by atoms with Gasteiger partial charge in [-0.1, -0.05) is 20.7 Å². The van der Waals surface area contributed by atoms with Crippen LogP contribution < -0.4 is 0 Å². The van der Waals surface area contributed by atoms with E-state index in [2.05, 4.69) is 13.8 Å². The van der Waals surface area contributed by atoms with E-state index in [1.807, 2.05) is 0 Å². The number of hydrogen-bond acceptors (Lipinski definition) is 2. The topological polar surface area (TPSA) is 37.3 Å². The molecule has 22 heavy (non-hydrogen) atoms. The molecule has 2 nitrogen and oxygen atoms in total. The molecule has 0 bridgehead atoms. The predicted octanol–water partition coefficient (Wildman–Crippen LogP) is 4.21. The second-order valence-corrected chi connectivity index (χ2v) is 9.22. The highest BCUT2D eigenvalue weighted by Gasteiger charge is 2.60. The molecule has 0 aromatic carbocycles. The molecule has 0 radical (unpaired) electrons. The molecule has 0 spiro atoms. The number of carbonyl (C=O) groups is 1. The Morgan fingerprint density at radius 2 is 1.86 bits per heavy atom. The average molecular weight is 307 g/mol. The van der Waals surface area contributed by atoms with E-state index in [-0.39, 0.29) is 22.7 Å². The van der Waals surface area contributed by atoms with Crippen LogP contribution in [-0.4, -0.2) is 17.0 Å². The van der Waals surface area contributed by atoms with Gasteiger partial charge in [0.2, 0.25) is 0 Å². The van der Waals surface area contributed by atoms with Crippen molar-refractivity contribution in [3.63, 3.8) is 0 Å². The third kappa shape index (κ3) is 1.85. The van der Waals surface area contributed by atoms with Gasteiger partial charge in [0.15, 0.2) is 0 Å². The van der Waals surface area contributed by atoms with Crippen LogP contribution in [0, 0.1) is 40.4 Å². The fourth-order valence-corrected chi connectivity index (χ4v) is 7.10. The van der Waals surface area contributed by atoms with Gasteiger partial charge in [-0.25, -0.2) is 0 Å². The molecule has 0 aromatic heterocycles. The Morgan fingerprint density at radius 1 is 1.09 bits per heavy atom. The number of aliphatic hydroxyl groups is 1. The van der Waals surface area contributed by atoms with Gasteiger partial charge in [-0.15, -0.1) is 0 Å². The molecule has 0 heterocycles. The van der Waals surface area contributed by atoms with Crippen molar-refractivity contribution in [2.45, 2.75) is 78.2 Å². The van der Waals surface area contributed by atoms with Crippen molar-refractivity contribution < 1.29 is 14.0 Å². The number of Topliss-reactive ketones (excluding diaryl/α,β-unsaturated/α-hetero) is 1. The quantitative estimate of drug-likeness (QED) is 0.728. The zero-order valence-electron chi connectivity index (χ0n) is 17.0. The second kappa shape index (κ2) is 4.82. The zero-order chi connectivity index (χ0) is 18.2. The van der Waals surface area contributed by atoms with Gasteiger partial charge in [-0.3, -0.25) is 4.79 Å². The van der Waals surface area contributed by atoms with E-state index in [0.29, 0.717) is 36.5 Å². The molecule has 2 heteroatoms. The van der Waals surface area contributed by atoms with Crippen molar-refractivity contribution in [2.24, 2.45) is 40.4 Å². The molecule has 0 aromatic rings. The standard InChI is InChI=1S/C20H32O2/c1-12-11-20(3)13(10-17(12)21)4-5-14-15-6-7-18(22)19(15,2)9-8-16(14)20/h12-16,18,22H,4-11H2,1-3H3/t12-,13+,14+,15+,16+,18+,19+,20+/m1/s1/i1D3. The summed E-state index contributed by atoms with van der Waals surface area (Å²) >= 11 is 0. The number of hydrogen-bond donors (Lipinski definition) is 1. The van der Waals surface area contributed by atoms with Crippen LogP contribution in [0.1, 0.15) is 76.2 Å². The summed E-state index contributed by atoms with van der Waals surface area (Å²) in [5.41, 5.74) is 0.0308. The highest BCUT2D eigenvalue weighted by atomic mass is 16.3. The first-order valence-electron chi connectivity index (χ1n) is 10.8. The Balaban J connectivity index is 1.65. The summed E-state index contributed by atoms with van der Waals surface area (Å²) in [4.78, 5) is 12.5. The summed E-state index contributed by atoms with van der Waals surface area (Å²) < 4.78 is 23.5. The van der Waals surface area contributed by atoms with Crippen LogP contribution in [0.4, 0.5) is 0 Å². The van der Waals surface area contributed by atoms with E-state index in [0.717, 1.165) is 38.5 Å². The SMILES string of the molecule is [2H]C([2H])([2H])[C@@H]1C[C@@]2(C)[C@@H](CC[C@@H]3[C@@H]2CC[C@]2(C)[C@@H](O)CC[C@@H]32)CC1=O. The smallest absolute Gasteiger partial charge is 0.136 e. The molecule has 4 fully saturated rings. The van der Waals surface area contributed by atoms with Crippen molar-refractivity contribution >= 4 is 5.78 Å². The van der Waals surface area contributed by atoms with E-state index in [4.69, 9.17) is 4.11 Å². The van der Waals surface area contributed by atoms with Crippen molar-refractivity contribution in [1.29, 1.82) is 0 Å². The summed E-state index contributed by atoms with van der Waals surface area (Å²) in [5.74, 6) is 1.25. The maximum atomic E-state index is 12.5. The van der Waals surface area contributed by atoms with Gasteiger partial charge in [0.25, 0.3) is 0 Å². The zero-order valence-corrected chi connectivity index (χ0v) is 14.0. The Bertz CT molecular complexity index is 574. The van der Waals surface area contributed by atoms with Gasteiger partial charge < -0.3 is 5.11 Å². The summed E-state index contributed by atoms with van der Waals surface area (Å²) in [7, 11) is 0. The number of aliphatic hydroxyl groups excluding tert-OH is 1. The summed E-state index contributed by atoms with van der Waals surface area (Å²) in [6, 6.07) is 0. The Hall–Kier alpha value is -0.370. The van der Waals surface area contributed by atoms with Crippen LogP contribution in [0.15, 0.2) is 0 Å². The number of rotatable bonds is 0. The lowest BCUT2D eigenvalue weighted by Gasteiger charge is -2.60. The summed E-state index contributed by atoms with van der Waals surface area (Å²) in [5, 5.41) is 10.5. The first-order chi connectivity index (χ1) is 11.6. The molecule has 0 saturated heterocycles. The lowest BCUT2D eigenvalue weighted by Crippen LogP contribution is -2.55. The van der Waals surface area contributed by atoms with Crippen LogP contribution in [0.3, 0.4) is 0 Å². The van der Waals surface area contributed by atoms with Gasteiger partial charge in [-0.2, -0.15) is 0 Å². The second-order valence-electron chi connectivity index (χ2n) is 9.22. The number of ketones is 1. The fourth-order valence-electron chi connectivity index (χ4n) is 7.10. The van der Waals surface area contributed by atoms with E-state index in [1.165, 1.54) is 0 Å². The molecule has 4 aliphatic rings. The molecule has 4 rings (SSSR count). The molecular formula is C20H32O2. The third-order valence-corrected chi connectivity index (χ3v) is 8.50. The highest BCUT2D eigenvalue weighted by molar-refractivity contribution is 5.82. The molecule has 4 saturated carbocycles. The maximum Gasteiger partial charge on any atom is 0.136 e. The van der Waals surface area contributed by atoms with Crippen LogP contribution in [-0.2, 0) is 4.79 Å². The lowest BCUT2D eigenvalue weighted by molar-refractivity contribution is -0.148. The van der Waals surface area contributed by atoms with Crippen LogP contribution in [0.2, 0.25) is 0 Å². The van der Waals surface area contributed by atoms with Crippen LogP contribution >= 0.6 is 0 Å². The molecule has 1 N–H and O–H groups in total. The minimum absolute atomic E-state index is 0.0230. The predicted molar refractivity (Wildman–Crippen MR) is 87.3 cm³/mol.